The maximum Gasteiger partial charge on any atom is 0.410 e. The van der Waals surface area contributed by atoms with Gasteiger partial charge in [-0.05, 0) is 45.7 Å². The van der Waals surface area contributed by atoms with Crippen LogP contribution in [0.3, 0.4) is 0 Å². The summed E-state index contributed by atoms with van der Waals surface area (Å²) in [5, 5.41) is 5.74. The largest absolute Gasteiger partial charge is 0.454 e. The third-order valence-corrected chi connectivity index (χ3v) is 4.11. The van der Waals surface area contributed by atoms with Crippen LogP contribution in [0.15, 0.2) is 18.2 Å². The number of anilines is 1. The first-order valence-electron chi connectivity index (χ1n) is 8.75. The summed E-state index contributed by atoms with van der Waals surface area (Å²) in [5.74, 6) is 1.29. The zero-order valence-corrected chi connectivity index (χ0v) is 15.3. The van der Waals surface area contributed by atoms with E-state index >= 15 is 0 Å². The van der Waals surface area contributed by atoms with Crippen molar-refractivity contribution in [1.29, 1.82) is 0 Å². The lowest BCUT2D eigenvalue weighted by Crippen LogP contribution is -2.48. The first kappa shape index (κ1) is 18.2. The highest BCUT2D eigenvalue weighted by atomic mass is 16.7. The highest BCUT2D eigenvalue weighted by Crippen LogP contribution is 2.34. The summed E-state index contributed by atoms with van der Waals surface area (Å²) in [6.07, 6.45) is 1.07. The zero-order valence-electron chi connectivity index (χ0n) is 15.3. The fraction of sp³-hybridized carbons (Fsp3) is 0.556. The van der Waals surface area contributed by atoms with E-state index in [-0.39, 0.29) is 25.0 Å². The minimum Gasteiger partial charge on any atom is -0.454 e. The average Bonchev–Trinajstić information content (AvgIpc) is 3.01. The number of fused-ring (bicyclic) bond motifs is 1. The van der Waals surface area contributed by atoms with Crippen LogP contribution in [-0.2, 0) is 4.74 Å². The standard InChI is InChI=1S/C18H25N3O5/c1-18(2,3)26-17(23)21-8-6-12(7-9-21)19-16(22)20-13-4-5-14-15(10-13)25-11-24-14/h4-5,10,12H,6-9,11H2,1-3H3,(H2,19,20,22). The van der Waals surface area contributed by atoms with Gasteiger partial charge in [-0.15, -0.1) is 0 Å². The van der Waals surface area contributed by atoms with Crippen molar-refractivity contribution in [1.82, 2.24) is 10.2 Å². The topological polar surface area (TPSA) is 89.1 Å². The van der Waals surface area contributed by atoms with Crippen LogP contribution in [0.2, 0.25) is 0 Å². The van der Waals surface area contributed by atoms with Crippen molar-refractivity contribution < 1.29 is 23.8 Å². The van der Waals surface area contributed by atoms with E-state index < -0.39 is 5.60 Å². The first-order chi connectivity index (χ1) is 12.3. The molecule has 2 heterocycles. The minimum atomic E-state index is -0.503. The van der Waals surface area contributed by atoms with Crippen LogP contribution in [0.5, 0.6) is 11.5 Å². The summed E-state index contributed by atoms with van der Waals surface area (Å²) in [7, 11) is 0. The van der Waals surface area contributed by atoms with Gasteiger partial charge in [-0.25, -0.2) is 9.59 Å². The number of ether oxygens (including phenoxy) is 3. The number of rotatable bonds is 2. The Bertz CT molecular complexity index is 678. The molecule has 0 radical (unpaired) electrons. The van der Waals surface area contributed by atoms with Crippen LogP contribution in [0.4, 0.5) is 15.3 Å². The van der Waals surface area contributed by atoms with Crippen LogP contribution in [0.25, 0.3) is 0 Å². The van der Waals surface area contributed by atoms with E-state index in [1.165, 1.54) is 0 Å². The van der Waals surface area contributed by atoms with Gasteiger partial charge in [0.05, 0.1) is 0 Å². The van der Waals surface area contributed by atoms with E-state index in [1.54, 1.807) is 23.1 Å². The number of piperidine rings is 1. The van der Waals surface area contributed by atoms with E-state index in [1.807, 2.05) is 20.8 Å². The van der Waals surface area contributed by atoms with E-state index in [9.17, 15) is 9.59 Å². The molecule has 1 fully saturated rings. The molecule has 1 aromatic rings. The molecule has 142 valence electrons. The molecule has 0 atom stereocenters. The number of hydrogen-bond donors (Lipinski definition) is 2. The summed E-state index contributed by atoms with van der Waals surface area (Å²) < 4.78 is 15.9. The monoisotopic (exact) mass is 363 g/mol. The van der Waals surface area contributed by atoms with E-state index in [0.717, 1.165) is 0 Å². The van der Waals surface area contributed by atoms with Crippen molar-refractivity contribution in [3.8, 4) is 11.5 Å². The molecule has 0 saturated carbocycles. The SMILES string of the molecule is CC(C)(C)OC(=O)N1CCC(NC(=O)Nc2ccc3c(c2)OCO3)CC1. The molecule has 1 aromatic carbocycles. The first-order valence-corrected chi connectivity index (χ1v) is 8.75. The molecule has 8 nitrogen and oxygen atoms in total. The molecule has 0 spiro atoms. The van der Waals surface area contributed by atoms with Crippen molar-refractivity contribution in [2.24, 2.45) is 0 Å². The third kappa shape index (κ3) is 4.71. The summed E-state index contributed by atoms with van der Waals surface area (Å²) in [6.45, 7) is 6.86. The molecule has 3 rings (SSSR count). The van der Waals surface area contributed by atoms with E-state index in [2.05, 4.69) is 10.6 Å². The molecule has 26 heavy (non-hydrogen) atoms. The second-order valence-corrected chi connectivity index (χ2v) is 7.41. The van der Waals surface area contributed by atoms with Gasteiger partial charge in [-0.2, -0.15) is 0 Å². The summed E-state index contributed by atoms with van der Waals surface area (Å²) >= 11 is 0. The molecule has 0 aromatic heterocycles. The van der Waals surface area contributed by atoms with Crippen molar-refractivity contribution in [3.05, 3.63) is 18.2 Å². The normalized spacial score (nSPS) is 17.0. The molecule has 2 N–H and O–H groups in total. The Morgan fingerprint density at radius 3 is 2.54 bits per heavy atom. The number of carbonyl (C=O) groups excluding carboxylic acids is 2. The van der Waals surface area contributed by atoms with Gasteiger partial charge >= 0.3 is 12.1 Å². The van der Waals surface area contributed by atoms with Crippen molar-refractivity contribution >= 4 is 17.8 Å². The number of amides is 3. The molecule has 1 saturated heterocycles. The van der Waals surface area contributed by atoms with Crippen LogP contribution >= 0.6 is 0 Å². The smallest absolute Gasteiger partial charge is 0.410 e. The lowest BCUT2D eigenvalue weighted by molar-refractivity contribution is 0.0202. The lowest BCUT2D eigenvalue weighted by Gasteiger charge is -2.33. The molecular weight excluding hydrogens is 338 g/mol. The van der Waals surface area contributed by atoms with Crippen molar-refractivity contribution in [2.75, 3.05) is 25.2 Å². The summed E-state index contributed by atoms with van der Waals surface area (Å²) in [6, 6.07) is 4.99. The number of nitrogens with zero attached hydrogens (tertiary/aromatic N) is 1. The van der Waals surface area contributed by atoms with Crippen LogP contribution in [0, 0.1) is 0 Å². The predicted molar refractivity (Wildman–Crippen MR) is 95.5 cm³/mol. The van der Waals surface area contributed by atoms with Crippen molar-refractivity contribution in [2.45, 2.75) is 45.3 Å². The van der Waals surface area contributed by atoms with E-state index in [0.29, 0.717) is 43.1 Å². The molecule has 0 unspecified atom stereocenters. The lowest BCUT2D eigenvalue weighted by atomic mass is 10.1. The fourth-order valence-corrected chi connectivity index (χ4v) is 2.86. The minimum absolute atomic E-state index is 0.0164. The van der Waals surface area contributed by atoms with Crippen LogP contribution in [0.1, 0.15) is 33.6 Å². The van der Waals surface area contributed by atoms with Gasteiger partial charge in [0, 0.05) is 30.9 Å². The fourth-order valence-electron chi connectivity index (χ4n) is 2.86. The molecular formula is C18H25N3O5. The highest BCUT2D eigenvalue weighted by molar-refractivity contribution is 5.89. The molecule has 2 aliphatic heterocycles. The Kier molecular flexibility index (Phi) is 5.11. The number of urea groups is 1. The highest BCUT2D eigenvalue weighted by Gasteiger charge is 2.27. The number of benzene rings is 1. The van der Waals surface area contributed by atoms with E-state index in [4.69, 9.17) is 14.2 Å². The number of hydrogen-bond acceptors (Lipinski definition) is 5. The molecule has 3 amide bonds. The Hall–Kier alpha value is -2.64. The summed E-state index contributed by atoms with van der Waals surface area (Å²) in [5.41, 5.74) is 0.134. The Balaban J connectivity index is 1.44. The van der Waals surface area contributed by atoms with Gasteiger partial charge in [0.1, 0.15) is 5.60 Å². The predicted octanol–water partition coefficient (Wildman–Crippen LogP) is 2.94. The van der Waals surface area contributed by atoms with Gasteiger partial charge in [0.15, 0.2) is 11.5 Å². The second-order valence-electron chi connectivity index (χ2n) is 7.41. The number of likely N-dealkylation sites (tertiary alicyclic amines) is 1. The maximum atomic E-state index is 12.2. The van der Waals surface area contributed by atoms with Gasteiger partial charge in [0.2, 0.25) is 6.79 Å². The van der Waals surface area contributed by atoms with Gasteiger partial charge < -0.3 is 29.7 Å². The van der Waals surface area contributed by atoms with Crippen LogP contribution in [-0.4, -0.2) is 48.5 Å². The number of nitrogens with one attached hydrogen (secondary N) is 2. The Labute approximate surface area is 152 Å². The maximum absolute atomic E-state index is 12.2. The third-order valence-electron chi connectivity index (χ3n) is 4.11. The van der Waals surface area contributed by atoms with Crippen molar-refractivity contribution in [3.63, 3.8) is 0 Å². The van der Waals surface area contributed by atoms with Crippen LogP contribution < -0.4 is 20.1 Å². The van der Waals surface area contributed by atoms with Gasteiger partial charge in [-0.3, -0.25) is 0 Å². The molecule has 8 heteroatoms. The molecule has 0 aliphatic carbocycles. The average molecular weight is 363 g/mol. The quantitative estimate of drug-likeness (QED) is 0.843. The number of carbonyl (C=O) groups is 2. The van der Waals surface area contributed by atoms with Gasteiger partial charge in [-0.1, -0.05) is 0 Å². The molecule has 0 bridgehead atoms. The molecule has 2 aliphatic rings. The van der Waals surface area contributed by atoms with Gasteiger partial charge in [0.25, 0.3) is 0 Å². The Morgan fingerprint density at radius 2 is 1.85 bits per heavy atom. The summed E-state index contributed by atoms with van der Waals surface area (Å²) in [4.78, 5) is 25.9. The zero-order chi connectivity index (χ0) is 18.7. The second kappa shape index (κ2) is 7.31. The Morgan fingerprint density at radius 1 is 1.15 bits per heavy atom.